The first-order chi connectivity index (χ1) is 18.0. The number of aryl methyl sites for hydroxylation is 1. The number of nitrogens with zero attached hydrogens (tertiary/aromatic N) is 1. The summed E-state index contributed by atoms with van der Waals surface area (Å²) in [6.45, 7) is 3.64. The third-order valence-electron chi connectivity index (χ3n) is 6.20. The summed E-state index contributed by atoms with van der Waals surface area (Å²) < 4.78 is 14.6. The van der Waals surface area contributed by atoms with Crippen molar-refractivity contribution in [3.05, 3.63) is 45.6 Å². The SMILES string of the molecule is COC(=O)NCCCc1sc(CN(C)C2CC2)cc1-c1ccccc1C(=O)OC.O=CC1CNCCO1. The van der Waals surface area contributed by atoms with Crippen molar-refractivity contribution < 1.29 is 28.6 Å². The van der Waals surface area contributed by atoms with Crippen LogP contribution < -0.4 is 10.6 Å². The van der Waals surface area contributed by atoms with E-state index in [1.165, 1.54) is 36.8 Å². The lowest BCUT2D eigenvalue weighted by Gasteiger charge is -2.17. The van der Waals surface area contributed by atoms with Crippen LogP contribution in [0.15, 0.2) is 30.3 Å². The molecule has 1 atom stereocenters. The molecule has 1 aliphatic heterocycles. The molecule has 2 fully saturated rings. The average Bonchev–Trinajstić information content (AvgIpc) is 3.72. The number of morpholine rings is 1. The van der Waals surface area contributed by atoms with Gasteiger partial charge in [-0.3, -0.25) is 4.90 Å². The first-order valence-corrected chi connectivity index (χ1v) is 13.4. The number of carbonyl (C=O) groups excluding carboxylic acids is 3. The Morgan fingerprint density at radius 2 is 2.00 bits per heavy atom. The van der Waals surface area contributed by atoms with Crippen LogP contribution in [0.1, 0.15) is 39.4 Å². The molecule has 37 heavy (non-hydrogen) atoms. The molecule has 2 heterocycles. The fourth-order valence-electron chi connectivity index (χ4n) is 4.06. The van der Waals surface area contributed by atoms with Gasteiger partial charge in [-0.25, -0.2) is 9.59 Å². The molecule has 1 aliphatic carbocycles. The Kier molecular flexibility index (Phi) is 11.5. The van der Waals surface area contributed by atoms with Gasteiger partial charge in [-0.15, -0.1) is 11.3 Å². The molecule has 1 aromatic carbocycles. The maximum absolute atomic E-state index is 12.3. The number of benzene rings is 1. The zero-order valence-electron chi connectivity index (χ0n) is 21.8. The standard InChI is InChI=1S/C22H28N2O4S.C5H9NO2/c1-24(15-10-11-15)14-16-13-19(17-7-4-5-8-18(17)21(25)27-2)20(29-16)9-6-12-23-22(26)28-3;7-4-5-3-6-1-2-8-5/h4-5,7-8,13,15H,6,9-12,14H2,1-3H3,(H,23,26);4-6H,1-3H2. The normalized spacial score (nSPS) is 16.9. The Hall–Kier alpha value is -2.79. The van der Waals surface area contributed by atoms with Crippen molar-refractivity contribution in [2.24, 2.45) is 0 Å². The second-order valence-electron chi connectivity index (χ2n) is 9.00. The molecule has 1 saturated carbocycles. The van der Waals surface area contributed by atoms with Gasteiger partial charge in [-0.05, 0) is 56.0 Å². The van der Waals surface area contributed by atoms with Crippen LogP contribution in [0.2, 0.25) is 0 Å². The first kappa shape index (κ1) is 28.8. The van der Waals surface area contributed by atoms with E-state index in [-0.39, 0.29) is 12.1 Å². The van der Waals surface area contributed by atoms with Crippen molar-refractivity contribution in [2.45, 2.75) is 44.4 Å². The molecule has 1 unspecified atom stereocenters. The van der Waals surface area contributed by atoms with Crippen LogP contribution in [0.25, 0.3) is 11.1 Å². The minimum atomic E-state index is -0.417. The molecular weight excluding hydrogens is 494 g/mol. The number of ether oxygens (including phenoxy) is 3. The van der Waals surface area contributed by atoms with Crippen molar-refractivity contribution in [1.82, 2.24) is 15.5 Å². The summed E-state index contributed by atoms with van der Waals surface area (Å²) in [6.07, 6.45) is 4.35. The molecule has 1 aromatic heterocycles. The quantitative estimate of drug-likeness (QED) is 0.273. The number of rotatable bonds is 10. The van der Waals surface area contributed by atoms with Gasteiger partial charge in [0, 0.05) is 42.0 Å². The largest absolute Gasteiger partial charge is 0.465 e. The van der Waals surface area contributed by atoms with E-state index in [1.807, 2.05) is 18.2 Å². The molecule has 0 spiro atoms. The Morgan fingerprint density at radius 1 is 1.22 bits per heavy atom. The Morgan fingerprint density at radius 3 is 2.62 bits per heavy atom. The predicted molar refractivity (Wildman–Crippen MR) is 143 cm³/mol. The number of thiophene rings is 1. The lowest BCUT2D eigenvalue weighted by molar-refractivity contribution is -0.119. The van der Waals surface area contributed by atoms with E-state index < -0.39 is 6.09 Å². The van der Waals surface area contributed by atoms with Gasteiger partial charge in [0.05, 0.1) is 26.4 Å². The number of hydrogen-bond donors (Lipinski definition) is 2. The summed E-state index contributed by atoms with van der Waals surface area (Å²) in [6, 6.07) is 10.5. The molecule has 2 N–H and O–H groups in total. The van der Waals surface area contributed by atoms with Gasteiger partial charge in [-0.1, -0.05) is 18.2 Å². The van der Waals surface area contributed by atoms with Gasteiger partial charge in [-0.2, -0.15) is 0 Å². The highest BCUT2D eigenvalue weighted by molar-refractivity contribution is 7.12. The minimum Gasteiger partial charge on any atom is -0.465 e. The second kappa shape index (κ2) is 14.8. The topological polar surface area (TPSA) is 106 Å². The third-order valence-corrected chi connectivity index (χ3v) is 7.38. The molecule has 10 heteroatoms. The van der Waals surface area contributed by atoms with Gasteiger partial charge in [0.15, 0.2) is 0 Å². The summed E-state index contributed by atoms with van der Waals surface area (Å²) in [7, 11) is 4.93. The predicted octanol–water partition coefficient (Wildman–Crippen LogP) is 3.26. The van der Waals surface area contributed by atoms with Gasteiger partial charge in [0.2, 0.25) is 0 Å². The molecule has 0 bridgehead atoms. The van der Waals surface area contributed by atoms with Crippen LogP contribution in [0.4, 0.5) is 4.79 Å². The van der Waals surface area contributed by atoms with Crippen LogP contribution in [-0.2, 0) is 32.0 Å². The smallest absolute Gasteiger partial charge is 0.406 e. The number of nitrogens with one attached hydrogen (secondary N) is 2. The zero-order valence-corrected chi connectivity index (χ0v) is 22.6. The number of hydrogen-bond acceptors (Lipinski definition) is 9. The highest BCUT2D eigenvalue weighted by atomic mass is 32.1. The van der Waals surface area contributed by atoms with E-state index in [2.05, 4.69) is 33.4 Å². The third kappa shape index (κ3) is 8.92. The summed E-state index contributed by atoms with van der Waals surface area (Å²) in [5, 5.41) is 5.75. The Balaban J connectivity index is 0.000000405. The number of esters is 1. The maximum atomic E-state index is 12.3. The summed E-state index contributed by atoms with van der Waals surface area (Å²) >= 11 is 1.78. The highest BCUT2D eigenvalue weighted by Gasteiger charge is 2.27. The van der Waals surface area contributed by atoms with E-state index >= 15 is 0 Å². The Labute approximate surface area is 222 Å². The number of alkyl carbamates (subject to hydrolysis) is 1. The number of carbonyl (C=O) groups is 3. The van der Waals surface area contributed by atoms with Crippen LogP contribution in [0.5, 0.6) is 0 Å². The molecule has 1 amide bonds. The van der Waals surface area contributed by atoms with Gasteiger partial charge in [0.1, 0.15) is 12.4 Å². The van der Waals surface area contributed by atoms with Crippen LogP contribution in [0, 0.1) is 0 Å². The molecule has 202 valence electrons. The number of aldehydes is 1. The van der Waals surface area contributed by atoms with E-state index in [0.29, 0.717) is 31.3 Å². The van der Waals surface area contributed by atoms with Crippen molar-refractivity contribution in [2.75, 3.05) is 47.5 Å². The summed E-state index contributed by atoms with van der Waals surface area (Å²) in [4.78, 5) is 38.4. The summed E-state index contributed by atoms with van der Waals surface area (Å²) in [5.41, 5.74) is 2.55. The lowest BCUT2D eigenvalue weighted by atomic mass is 9.98. The van der Waals surface area contributed by atoms with Crippen molar-refractivity contribution in [3.8, 4) is 11.1 Å². The maximum Gasteiger partial charge on any atom is 0.406 e. The molecule has 2 aliphatic rings. The Bertz CT molecular complexity index is 1030. The zero-order chi connectivity index (χ0) is 26.6. The van der Waals surface area contributed by atoms with Crippen molar-refractivity contribution in [1.29, 1.82) is 0 Å². The monoisotopic (exact) mass is 531 g/mol. The summed E-state index contributed by atoms with van der Waals surface area (Å²) in [5.74, 6) is -0.332. The van der Waals surface area contributed by atoms with Gasteiger partial charge < -0.3 is 29.6 Å². The van der Waals surface area contributed by atoms with Crippen molar-refractivity contribution in [3.63, 3.8) is 0 Å². The van der Waals surface area contributed by atoms with Crippen molar-refractivity contribution >= 4 is 29.7 Å². The van der Waals surface area contributed by atoms with E-state index in [9.17, 15) is 14.4 Å². The molecule has 2 aromatic rings. The molecule has 4 rings (SSSR count). The minimum absolute atomic E-state index is 0.205. The molecule has 9 nitrogen and oxygen atoms in total. The number of methoxy groups -OCH3 is 2. The van der Waals surface area contributed by atoms with E-state index in [1.54, 1.807) is 17.4 Å². The highest BCUT2D eigenvalue weighted by Crippen LogP contribution is 2.36. The molecule has 0 radical (unpaired) electrons. The first-order valence-electron chi connectivity index (χ1n) is 12.6. The molecule has 1 saturated heterocycles. The van der Waals surface area contributed by atoms with Crippen LogP contribution in [0.3, 0.4) is 0 Å². The van der Waals surface area contributed by atoms with Crippen LogP contribution >= 0.6 is 11.3 Å². The van der Waals surface area contributed by atoms with E-state index in [0.717, 1.165) is 43.3 Å². The fraction of sp³-hybridized carbons (Fsp3) is 0.519. The second-order valence-corrected chi connectivity index (χ2v) is 10.2. The lowest BCUT2D eigenvalue weighted by Crippen LogP contribution is -2.39. The fourth-order valence-corrected chi connectivity index (χ4v) is 5.34. The molecular formula is C27H37N3O6S. The van der Waals surface area contributed by atoms with E-state index in [4.69, 9.17) is 9.47 Å². The number of amides is 1. The van der Waals surface area contributed by atoms with Gasteiger partial charge >= 0.3 is 12.1 Å². The van der Waals surface area contributed by atoms with Crippen LogP contribution in [-0.4, -0.2) is 82.9 Å². The average molecular weight is 532 g/mol. The van der Waals surface area contributed by atoms with Gasteiger partial charge in [0.25, 0.3) is 0 Å².